The molecule has 6 nitrogen and oxygen atoms in total. The van der Waals surface area contributed by atoms with E-state index in [1.54, 1.807) is 37.4 Å². The van der Waals surface area contributed by atoms with Crippen molar-refractivity contribution >= 4 is 11.6 Å². The van der Waals surface area contributed by atoms with Gasteiger partial charge < -0.3 is 25.1 Å². The molecular formula is C24H19ClN2O4. The normalized spacial score (nSPS) is 14.9. The van der Waals surface area contributed by atoms with Crippen molar-refractivity contribution in [2.75, 3.05) is 7.11 Å². The minimum Gasteiger partial charge on any atom is -0.508 e. The number of rotatable bonds is 5. The fraction of sp³-hybridized carbons (Fsp3) is 0.125. The molecule has 1 atom stereocenters. The number of phenolic OH excluding ortho intramolecular Hbond substituents is 1. The Balaban J connectivity index is 1.70. The van der Waals surface area contributed by atoms with Gasteiger partial charge in [-0.05, 0) is 29.8 Å². The molecule has 7 heteroatoms. The van der Waals surface area contributed by atoms with Gasteiger partial charge in [0.15, 0.2) is 11.5 Å². The maximum absolute atomic E-state index is 9.80. The molecule has 0 aromatic heterocycles. The monoisotopic (exact) mass is 434 g/mol. The lowest BCUT2D eigenvalue weighted by atomic mass is 9.83. The van der Waals surface area contributed by atoms with Gasteiger partial charge in [0.2, 0.25) is 5.88 Å². The van der Waals surface area contributed by atoms with Crippen LogP contribution in [0.2, 0.25) is 5.02 Å². The van der Waals surface area contributed by atoms with E-state index in [-0.39, 0.29) is 23.8 Å². The van der Waals surface area contributed by atoms with E-state index in [1.165, 1.54) is 6.07 Å². The first-order valence-corrected chi connectivity index (χ1v) is 9.84. The Kier molecular flexibility index (Phi) is 5.61. The fourth-order valence-corrected chi connectivity index (χ4v) is 3.73. The van der Waals surface area contributed by atoms with Gasteiger partial charge in [0.25, 0.3) is 0 Å². The highest BCUT2D eigenvalue weighted by Crippen LogP contribution is 2.45. The molecule has 0 spiro atoms. The number of ether oxygens (including phenoxy) is 3. The SMILES string of the molecule is COc1cc([C@H]2C(C#N)=C(N)Oc3cc(O)ccc32)ccc1OCc1ccccc1Cl. The van der Waals surface area contributed by atoms with Gasteiger partial charge in [0.05, 0.1) is 13.0 Å². The maximum atomic E-state index is 9.80. The number of benzene rings is 3. The topological polar surface area (TPSA) is 97.7 Å². The van der Waals surface area contributed by atoms with E-state index in [0.29, 0.717) is 22.3 Å². The van der Waals surface area contributed by atoms with Gasteiger partial charge in [-0.25, -0.2) is 0 Å². The highest BCUT2D eigenvalue weighted by molar-refractivity contribution is 6.31. The molecule has 0 bridgehead atoms. The van der Waals surface area contributed by atoms with Crippen molar-refractivity contribution < 1.29 is 19.3 Å². The Morgan fingerprint density at radius 2 is 1.94 bits per heavy atom. The van der Waals surface area contributed by atoms with E-state index in [2.05, 4.69) is 6.07 Å². The summed E-state index contributed by atoms with van der Waals surface area (Å²) >= 11 is 6.21. The minimum atomic E-state index is -0.471. The van der Waals surface area contributed by atoms with Crippen LogP contribution in [-0.2, 0) is 6.61 Å². The summed E-state index contributed by atoms with van der Waals surface area (Å²) in [6, 6.07) is 19.8. The molecule has 3 N–H and O–H groups in total. The molecule has 0 radical (unpaired) electrons. The number of nitrogens with zero attached hydrogens (tertiary/aromatic N) is 1. The lowest BCUT2D eigenvalue weighted by Crippen LogP contribution is -2.21. The third-order valence-electron chi connectivity index (χ3n) is 5.06. The Hall–Kier alpha value is -3.82. The Labute approximate surface area is 184 Å². The molecule has 3 aromatic carbocycles. The van der Waals surface area contributed by atoms with E-state index in [4.69, 9.17) is 31.5 Å². The largest absolute Gasteiger partial charge is 0.508 e. The summed E-state index contributed by atoms with van der Waals surface area (Å²) in [5, 5.41) is 20.1. The third kappa shape index (κ3) is 3.96. The van der Waals surface area contributed by atoms with E-state index >= 15 is 0 Å². The summed E-state index contributed by atoms with van der Waals surface area (Å²) in [7, 11) is 1.55. The van der Waals surface area contributed by atoms with Crippen LogP contribution >= 0.6 is 11.6 Å². The van der Waals surface area contributed by atoms with Crippen LogP contribution in [0.25, 0.3) is 0 Å². The molecule has 1 heterocycles. The first kappa shape index (κ1) is 20.5. The highest BCUT2D eigenvalue weighted by Gasteiger charge is 2.31. The first-order valence-electron chi connectivity index (χ1n) is 9.46. The Morgan fingerprint density at radius 1 is 1.13 bits per heavy atom. The Morgan fingerprint density at radius 3 is 2.68 bits per heavy atom. The van der Waals surface area contributed by atoms with Crippen LogP contribution in [0.3, 0.4) is 0 Å². The van der Waals surface area contributed by atoms with Crippen LogP contribution in [0.5, 0.6) is 23.0 Å². The van der Waals surface area contributed by atoms with E-state index in [0.717, 1.165) is 16.7 Å². The number of fused-ring (bicyclic) bond motifs is 1. The number of nitriles is 1. The van der Waals surface area contributed by atoms with Gasteiger partial charge >= 0.3 is 0 Å². The van der Waals surface area contributed by atoms with Crippen molar-refractivity contribution in [3.8, 4) is 29.1 Å². The number of hydrogen-bond donors (Lipinski definition) is 2. The maximum Gasteiger partial charge on any atom is 0.205 e. The molecule has 0 fully saturated rings. The molecule has 31 heavy (non-hydrogen) atoms. The van der Waals surface area contributed by atoms with Crippen molar-refractivity contribution in [1.29, 1.82) is 5.26 Å². The molecule has 0 saturated heterocycles. The van der Waals surface area contributed by atoms with E-state index < -0.39 is 5.92 Å². The number of hydrogen-bond acceptors (Lipinski definition) is 6. The second-order valence-electron chi connectivity index (χ2n) is 6.94. The van der Waals surface area contributed by atoms with Gasteiger partial charge in [-0.15, -0.1) is 0 Å². The number of halogens is 1. The minimum absolute atomic E-state index is 0.00335. The van der Waals surface area contributed by atoms with Crippen molar-refractivity contribution in [3.05, 3.63) is 93.8 Å². The summed E-state index contributed by atoms with van der Waals surface area (Å²) in [5.74, 6) is 1.03. The van der Waals surface area contributed by atoms with Crippen LogP contribution in [0.15, 0.2) is 72.1 Å². The first-order chi connectivity index (χ1) is 15.0. The standard InChI is InChI=1S/C24H19ClN2O4/c1-29-22-10-14(6-9-20(22)30-13-15-4-2-3-5-19(15)25)23-17-8-7-16(28)11-21(17)31-24(27)18(23)12-26/h2-11,23,28H,13,27H2,1H3/t23-/m1/s1. The lowest BCUT2D eigenvalue weighted by Gasteiger charge is -2.27. The zero-order valence-corrected chi connectivity index (χ0v) is 17.4. The summed E-state index contributed by atoms with van der Waals surface area (Å²) < 4.78 is 17.0. The molecule has 1 aliphatic rings. The van der Waals surface area contributed by atoms with E-state index in [1.807, 2.05) is 24.3 Å². The Bertz CT molecular complexity index is 1220. The number of phenols is 1. The average Bonchev–Trinajstić information content (AvgIpc) is 2.77. The molecule has 156 valence electrons. The molecule has 0 amide bonds. The predicted octanol–water partition coefficient (Wildman–Crippen LogP) is 4.85. The third-order valence-corrected chi connectivity index (χ3v) is 5.43. The van der Waals surface area contributed by atoms with Crippen LogP contribution in [0.4, 0.5) is 0 Å². The molecule has 0 unspecified atom stereocenters. The van der Waals surface area contributed by atoms with Gasteiger partial charge in [0, 0.05) is 22.2 Å². The van der Waals surface area contributed by atoms with Crippen molar-refractivity contribution in [2.45, 2.75) is 12.5 Å². The lowest BCUT2D eigenvalue weighted by molar-refractivity contribution is 0.284. The highest BCUT2D eigenvalue weighted by atomic mass is 35.5. The zero-order chi connectivity index (χ0) is 22.0. The summed E-state index contributed by atoms with van der Waals surface area (Å²) in [6.45, 7) is 0.283. The second-order valence-corrected chi connectivity index (χ2v) is 7.34. The number of nitrogens with two attached hydrogens (primary N) is 1. The smallest absolute Gasteiger partial charge is 0.205 e. The molecule has 0 saturated carbocycles. The quantitative estimate of drug-likeness (QED) is 0.595. The van der Waals surface area contributed by atoms with E-state index in [9.17, 15) is 10.4 Å². The average molecular weight is 435 g/mol. The van der Waals surface area contributed by atoms with Crippen molar-refractivity contribution in [1.82, 2.24) is 0 Å². The summed E-state index contributed by atoms with van der Waals surface area (Å²) in [5.41, 5.74) is 8.63. The molecule has 0 aliphatic carbocycles. The van der Waals surface area contributed by atoms with Gasteiger partial charge in [-0.1, -0.05) is 41.9 Å². The molecule has 4 rings (SSSR count). The molecular weight excluding hydrogens is 416 g/mol. The second kappa shape index (κ2) is 8.50. The number of aromatic hydroxyl groups is 1. The zero-order valence-electron chi connectivity index (χ0n) is 16.6. The number of methoxy groups -OCH3 is 1. The number of allylic oxidation sites excluding steroid dienone is 1. The van der Waals surface area contributed by atoms with Crippen LogP contribution in [0.1, 0.15) is 22.6 Å². The van der Waals surface area contributed by atoms with Gasteiger partial charge in [0.1, 0.15) is 29.7 Å². The predicted molar refractivity (Wildman–Crippen MR) is 116 cm³/mol. The summed E-state index contributed by atoms with van der Waals surface area (Å²) in [4.78, 5) is 0. The van der Waals surface area contributed by atoms with Crippen molar-refractivity contribution in [2.24, 2.45) is 5.73 Å². The molecule has 1 aliphatic heterocycles. The molecule has 3 aromatic rings. The van der Waals surface area contributed by atoms with Crippen LogP contribution in [0, 0.1) is 11.3 Å². The van der Waals surface area contributed by atoms with Gasteiger partial charge in [-0.2, -0.15) is 5.26 Å². The van der Waals surface area contributed by atoms with Gasteiger partial charge in [-0.3, -0.25) is 0 Å². The van der Waals surface area contributed by atoms with Crippen molar-refractivity contribution in [3.63, 3.8) is 0 Å². The van der Waals surface area contributed by atoms with Crippen LogP contribution < -0.4 is 19.9 Å². The fourth-order valence-electron chi connectivity index (χ4n) is 3.54. The van der Waals surface area contributed by atoms with Crippen LogP contribution in [-0.4, -0.2) is 12.2 Å². The summed E-state index contributed by atoms with van der Waals surface area (Å²) in [6.07, 6.45) is 0.